The molecule has 0 bridgehead atoms. The van der Waals surface area contributed by atoms with Crippen molar-refractivity contribution in [2.45, 2.75) is 19.9 Å². The Balaban J connectivity index is 2.42. The summed E-state index contributed by atoms with van der Waals surface area (Å²) in [7, 11) is 0. The van der Waals surface area contributed by atoms with Crippen molar-refractivity contribution < 1.29 is 9.90 Å². The third kappa shape index (κ3) is 2.57. The number of carbonyl (C=O) groups is 1. The van der Waals surface area contributed by atoms with Crippen molar-refractivity contribution in [2.75, 3.05) is 5.32 Å². The molecule has 0 aliphatic carbocycles. The summed E-state index contributed by atoms with van der Waals surface area (Å²) in [4.78, 5) is 11.0. The van der Waals surface area contributed by atoms with Gasteiger partial charge in [0.05, 0.1) is 17.6 Å². The van der Waals surface area contributed by atoms with Crippen LogP contribution in [0, 0.1) is 17.2 Å². The van der Waals surface area contributed by atoms with E-state index in [1.807, 2.05) is 37.3 Å². The highest BCUT2D eigenvalue weighted by Crippen LogP contribution is 2.27. The molecule has 0 aliphatic rings. The van der Waals surface area contributed by atoms with Crippen LogP contribution in [0.4, 0.5) is 5.69 Å². The summed E-state index contributed by atoms with van der Waals surface area (Å²) in [5, 5.41) is 23.2. The van der Waals surface area contributed by atoms with Crippen molar-refractivity contribution in [1.82, 2.24) is 0 Å². The van der Waals surface area contributed by atoms with E-state index in [2.05, 4.69) is 11.4 Å². The number of rotatable bonds is 4. The van der Waals surface area contributed by atoms with Gasteiger partial charge in [0.2, 0.25) is 0 Å². The van der Waals surface area contributed by atoms with Gasteiger partial charge in [0.1, 0.15) is 0 Å². The topological polar surface area (TPSA) is 73.1 Å². The van der Waals surface area contributed by atoms with Gasteiger partial charge in [0, 0.05) is 22.5 Å². The van der Waals surface area contributed by atoms with E-state index in [9.17, 15) is 4.79 Å². The molecule has 2 aromatic rings. The van der Waals surface area contributed by atoms with Crippen LogP contribution in [0.25, 0.3) is 10.8 Å². The summed E-state index contributed by atoms with van der Waals surface area (Å²) in [6.07, 6.45) is 0. The second-order valence-electron chi connectivity index (χ2n) is 4.88. The molecule has 2 N–H and O–H groups in total. The minimum Gasteiger partial charge on any atom is -0.481 e. The van der Waals surface area contributed by atoms with E-state index in [1.165, 1.54) is 0 Å². The van der Waals surface area contributed by atoms with Crippen LogP contribution in [0.1, 0.15) is 19.4 Å². The van der Waals surface area contributed by atoms with Gasteiger partial charge in [-0.3, -0.25) is 4.79 Å². The highest BCUT2D eigenvalue weighted by molar-refractivity contribution is 5.97. The largest absolute Gasteiger partial charge is 0.481 e. The number of hydrogen-bond acceptors (Lipinski definition) is 3. The molecule has 0 radical (unpaired) electrons. The Hall–Kier alpha value is -2.54. The normalized spacial score (nSPS) is 13.4. The fourth-order valence-electron chi connectivity index (χ4n) is 2.11. The van der Waals surface area contributed by atoms with E-state index >= 15 is 0 Å². The molecule has 0 saturated heterocycles. The minimum absolute atomic E-state index is 0.205. The van der Waals surface area contributed by atoms with Crippen LogP contribution < -0.4 is 5.32 Å². The SMILES string of the molecule is CC(Nc1ccc(C#N)c2ccccc12)C(C)C(=O)O. The number of fused-ring (bicyclic) bond motifs is 1. The van der Waals surface area contributed by atoms with E-state index in [0.717, 1.165) is 16.5 Å². The molecule has 4 nitrogen and oxygen atoms in total. The predicted octanol–water partition coefficient (Wildman–Crippen LogP) is 3.23. The molecule has 0 amide bonds. The maximum Gasteiger partial charge on any atom is 0.308 e. The first-order valence-corrected chi connectivity index (χ1v) is 6.45. The monoisotopic (exact) mass is 268 g/mol. The van der Waals surface area contributed by atoms with Gasteiger partial charge >= 0.3 is 5.97 Å². The van der Waals surface area contributed by atoms with Crippen molar-refractivity contribution in [3.05, 3.63) is 42.0 Å². The maximum absolute atomic E-state index is 11.0. The first-order chi connectivity index (χ1) is 9.54. The second-order valence-corrected chi connectivity index (χ2v) is 4.88. The molecular weight excluding hydrogens is 252 g/mol. The number of benzene rings is 2. The van der Waals surface area contributed by atoms with E-state index in [-0.39, 0.29) is 6.04 Å². The minimum atomic E-state index is -0.831. The lowest BCUT2D eigenvalue weighted by Gasteiger charge is -2.20. The van der Waals surface area contributed by atoms with Crippen LogP contribution in [0.5, 0.6) is 0 Å². The highest BCUT2D eigenvalue weighted by Gasteiger charge is 2.19. The Kier molecular flexibility index (Phi) is 3.90. The zero-order valence-corrected chi connectivity index (χ0v) is 11.4. The van der Waals surface area contributed by atoms with E-state index in [1.54, 1.807) is 13.0 Å². The van der Waals surface area contributed by atoms with Gasteiger partial charge in [0.15, 0.2) is 0 Å². The summed E-state index contributed by atoms with van der Waals surface area (Å²) in [6, 6.07) is 13.2. The van der Waals surface area contributed by atoms with Gasteiger partial charge in [-0.25, -0.2) is 0 Å². The number of nitrogens with one attached hydrogen (secondary N) is 1. The molecule has 0 aromatic heterocycles. The third-order valence-electron chi connectivity index (χ3n) is 3.57. The standard InChI is InChI=1S/C16H16N2O2/c1-10(16(19)20)11(2)18-15-8-7-12(9-17)13-5-3-4-6-14(13)15/h3-8,10-11,18H,1-2H3,(H,19,20). The molecule has 2 rings (SSSR count). The van der Waals surface area contributed by atoms with E-state index in [0.29, 0.717) is 5.56 Å². The van der Waals surface area contributed by atoms with Crippen molar-refractivity contribution >= 4 is 22.4 Å². The van der Waals surface area contributed by atoms with Gasteiger partial charge in [0.25, 0.3) is 0 Å². The Bertz CT molecular complexity index is 688. The molecule has 0 aliphatic heterocycles. The summed E-state index contributed by atoms with van der Waals surface area (Å²) >= 11 is 0. The zero-order valence-electron chi connectivity index (χ0n) is 11.4. The van der Waals surface area contributed by atoms with Crippen molar-refractivity contribution in [3.63, 3.8) is 0 Å². The van der Waals surface area contributed by atoms with Crippen LogP contribution in [0.2, 0.25) is 0 Å². The molecule has 0 spiro atoms. The summed E-state index contributed by atoms with van der Waals surface area (Å²) < 4.78 is 0. The molecule has 0 heterocycles. The molecular formula is C16H16N2O2. The van der Waals surface area contributed by atoms with Gasteiger partial charge in [-0.1, -0.05) is 24.3 Å². The number of nitrogens with zero attached hydrogens (tertiary/aromatic N) is 1. The molecule has 2 atom stereocenters. The van der Waals surface area contributed by atoms with Crippen LogP contribution in [-0.4, -0.2) is 17.1 Å². The van der Waals surface area contributed by atoms with Crippen molar-refractivity contribution in [1.29, 1.82) is 5.26 Å². The molecule has 2 unspecified atom stereocenters. The zero-order chi connectivity index (χ0) is 14.7. The molecule has 102 valence electrons. The summed E-state index contributed by atoms with van der Waals surface area (Å²) in [5.41, 5.74) is 1.46. The first kappa shape index (κ1) is 13.9. The Morgan fingerprint density at radius 1 is 1.20 bits per heavy atom. The Labute approximate surface area is 117 Å². The lowest BCUT2D eigenvalue weighted by atomic mass is 10.0. The third-order valence-corrected chi connectivity index (χ3v) is 3.57. The predicted molar refractivity (Wildman–Crippen MR) is 78.5 cm³/mol. The summed E-state index contributed by atoms with van der Waals surface area (Å²) in [6.45, 7) is 3.51. The molecule has 0 saturated carbocycles. The summed E-state index contributed by atoms with van der Waals surface area (Å²) in [5.74, 6) is -1.33. The van der Waals surface area contributed by atoms with Crippen molar-refractivity contribution in [3.8, 4) is 6.07 Å². The van der Waals surface area contributed by atoms with Gasteiger partial charge in [-0.2, -0.15) is 5.26 Å². The average molecular weight is 268 g/mol. The quantitative estimate of drug-likeness (QED) is 0.892. The van der Waals surface area contributed by atoms with Crippen LogP contribution in [0.15, 0.2) is 36.4 Å². The maximum atomic E-state index is 11.0. The molecule has 20 heavy (non-hydrogen) atoms. The fraction of sp³-hybridized carbons (Fsp3) is 0.250. The smallest absolute Gasteiger partial charge is 0.308 e. The Morgan fingerprint density at radius 3 is 2.45 bits per heavy atom. The van der Waals surface area contributed by atoms with E-state index in [4.69, 9.17) is 10.4 Å². The number of aliphatic carboxylic acids is 1. The van der Waals surface area contributed by atoms with Crippen LogP contribution in [0.3, 0.4) is 0 Å². The molecule has 2 aromatic carbocycles. The lowest BCUT2D eigenvalue weighted by Crippen LogP contribution is -2.29. The van der Waals surface area contributed by atoms with Gasteiger partial charge in [-0.05, 0) is 26.0 Å². The van der Waals surface area contributed by atoms with Crippen molar-refractivity contribution in [2.24, 2.45) is 5.92 Å². The number of carboxylic acid groups (broad SMARTS) is 1. The Morgan fingerprint density at radius 2 is 1.85 bits per heavy atom. The average Bonchev–Trinajstić information content (AvgIpc) is 2.46. The second kappa shape index (κ2) is 5.62. The number of carboxylic acids is 1. The molecule has 0 fully saturated rings. The highest BCUT2D eigenvalue weighted by atomic mass is 16.4. The fourth-order valence-corrected chi connectivity index (χ4v) is 2.11. The van der Waals surface area contributed by atoms with Gasteiger partial charge in [-0.15, -0.1) is 0 Å². The number of nitriles is 1. The van der Waals surface area contributed by atoms with Crippen LogP contribution >= 0.6 is 0 Å². The lowest BCUT2D eigenvalue weighted by molar-refractivity contribution is -0.141. The van der Waals surface area contributed by atoms with Gasteiger partial charge < -0.3 is 10.4 Å². The number of anilines is 1. The number of hydrogen-bond donors (Lipinski definition) is 2. The van der Waals surface area contributed by atoms with Crippen LogP contribution in [-0.2, 0) is 4.79 Å². The molecule has 4 heteroatoms. The van der Waals surface area contributed by atoms with E-state index < -0.39 is 11.9 Å². The first-order valence-electron chi connectivity index (χ1n) is 6.45.